The highest BCUT2D eigenvalue weighted by molar-refractivity contribution is 6.10. The number of ketones is 2. The van der Waals surface area contributed by atoms with Gasteiger partial charge >= 0.3 is 0 Å². The number of rotatable bonds is 3. The molecule has 0 radical (unpaired) electrons. The van der Waals surface area contributed by atoms with Crippen LogP contribution in [0, 0.1) is 42.4 Å². The molecule has 1 spiro atoms. The Labute approximate surface area is 192 Å². The van der Waals surface area contributed by atoms with E-state index in [9.17, 15) is 14.4 Å². The van der Waals surface area contributed by atoms with E-state index >= 15 is 0 Å². The topological polar surface area (TPSA) is 54.5 Å². The van der Waals surface area contributed by atoms with Crippen molar-refractivity contribution in [2.45, 2.75) is 79.1 Å². The third-order valence-electron chi connectivity index (χ3n) is 8.33. The van der Waals surface area contributed by atoms with Gasteiger partial charge in [-0.05, 0) is 86.6 Å². The Hall–Kier alpha value is -2.41. The number of carbonyl (C=O) groups excluding carboxylic acids is 3. The fraction of sp³-hybridized carbons (Fsp3) is 0.607. The van der Waals surface area contributed by atoms with Crippen molar-refractivity contribution < 1.29 is 14.4 Å². The number of amides is 1. The molecule has 0 bridgehead atoms. The van der Waals surface area contributed by atoms with Crippen molar-refractivity contribution in [2.75, 3.05) is 13.1 Å². The van der Waals surface area contributed by atoms with E-state index in [-0.39, 0.29) is 28.3 Å². The summed E-state index contributed by atoms with van der Waals surface area (Å²) < 4.78 is 0. The number of nitrogens with zero attached hydrogens (tertiary/aromatic N) is 1. The van der Waals surface area contributed by atoms with E-state index in [2.05, 4.69) is 25.7 Å². The van der Waals surface area contributed by atoms with Crippen LogP contribution in [0.15, 0.2) is 12.1 Å². The molecule has 1 saturated heterocycles. The van der Waals surface area contributed by atoms with E-state index in [0.717, 1.165) is 47.9 Å². The second kappa shape index (κ2) is 8.18. The summed E-state index contributed by atoms with van der Waals surface area (Å²) in [6.45, 7) is 11.4. The van der Waals surface area contributed by atoms with Gasteiger partial charge in [-0.3, -0.25) is 14.4 Å². The number of benzene rings is 1. The van der Waals surface area contributed by atoms with Gasteiger partial charge in [0.15, 0.2) is 0 Å². The van der Waals surface area contributed by atoms with Gasteiger partial charge in [0.05, 0.1) is 5.41 Å². The highest BCUT2D eigenvalue weighted by Gasteiger charge is 2.55. The Morgan fingerprint density at radius 2 is 1.53 bits per heavy atom. The first-order valence-corrected chi connectivity index (χ1v) is 12.0. The first-order valence-electron chi connectivity index (χ1n) is 12.0. The second-order valence-electron chi connectivity index (χ2n) is 10.7. The van der Waals surface area contributed by atoms with Gasteiger partial charge in [-0.2, -0.15) is 0 Å². The molecule has 32 heavy (non-hydrogen) atoms. The smallest absolute Gasteiger partial charge is 0.229 e. The summed E-state index contributed by atoms with van der Waals surface area (Å²) in [5, 5.41) is 0. The van der Waals surface area contributed by atoms with E-state index in [4.69, 9.17) is 0 Å². The van der Waals surface area contributed by atoms with Gasteiger partial charge in [-0.1, -0.05) is 19.8 Å². The maximum absolute atomic E-state index is 13.3. The van der Waals surface area contributed by atoms with Crippen LogP contribution in [0.1, 0.15) is 87.5 Å². The Balaban J connectivity index is 1.49. The molecule has 0 aromatic heterocycles. The number of carbonyl (C=O) groups is 3. The zero-order valence-electron chi connectivity index (χ0n) is 20.1. The standard InChI is InChI=1S/C28H35NO3/c1-6-7-21-14-19(4)24(20(5)15-21)25-22(30)16-27(17-23(25)31)10-12-29(13-11-27)26(32)28(8-9-28)18(2)3/h14-15,18,25H,8-13,16-17H2,1-5H3. The van der Waals surface area contributed by atoms with Crippen molar-refractivity contribution in [2.24, 2.45) is 16.7 Å². The number of hydrogen-bond donors (Lipinski definition) is 0. The summed E-state index contributed by atoms with van der Waals surface area (Å²) in [5.41, 5.74) is 3.30. The van der Waals surface area contributed by atoms with Gasteiger partial charge in [0, 0.05) is 31.5 Å². The third kappa shape index (κ3) is 3.81. The predicted octanol–water partition coefficient (Wildman–Crippen LogP) is 4.74. The largest absolute Gasteiger partial charge is 0.342 e. The lowest BCUT2D eigenvalue weighted by Crippen LogP contribution is -2.50. The minimum atomic E-state index is -0.653. The molecule has 3 aliphatic rings. The maximum Gasteiger partial charge on any atom is 0.229 e. The molecule has 170 valence electrons. The van der Waals surface area contributed by atoms with E-state index in [0.29, 0.717) is 31.8 Å². The fourth-order valence-electron chi connectivity index (χ4n) is 6.18. The van der Waals surface area contributed by atoms with Gasteiger partial charge in [0.1, 0.15) is 17.5 Å². The maximum atomic E-state index is 13.3. The first-order chi connectivity index (χ1) is 15.1. The number of hydrogen-bond acceptors (Lipinski definition) is 3. The van der Waals surface area contributed by atoms with Gasteiger partial charge in [0.25, 0.3) is 0 Å². The summed E-state index contributed by atoms with van der Waals surface area (Å²) in [4.78, 5) is 41.8. The van der Waals surface area contributed by atoms with Gasteiger partial charge < -0.3 is 4.90 Å². The molecule has 1 aromatic carbocycles. The van der Waals surface area contributed by atoms with Crippen molar-refractivity contribution in [3.8, 4) is 11.8 Å². The summed E-state index contributed by atoms with van der Waals surface area (Å²) >= 11 is 0. The minimum Gasteiger partial charge on any atom is -0.342 e. The molecule has 0 unspecified atom stereocenters. The monoisotopic (exact) mass is 433 g/mol. The summed E-state index contributed by atoms with van der Waals surface area (Å²) in [6.07, 6.45) is 4.36. The molecule has 0 atom stereocenters. The van der Waals surface area contributed by atoms with Crippen LogP contribution in [0.2, 0.25) is 0 Å². The van der Waals surface area contributed by atoms with E-state index in [1.807, 2.05) is 30.9 Å². The van der Waals surface area contributed by atoms with Crippen molar-refractivity contribution in [1.82, 2.24) is 4.90 Å². The summed E-state index contributed by atoms with van der Waals surface area (Å²) in [7, 11) is 0. The number of likely N-dealkylation sites (tertiary alicyclic amines) is 1. The van der Waals surface area contributed by atoms with Crippen LogP contribution in [0.4, 0.5) is 0 Å². The molecule has 2 saturated carbocycles. The summed E-state index contributed by atoms with van der Waals surface area (Å²) in [6, 6.07) is 3.96. The van der Waals surface area contributed by atoms with Crippen LogP contribution in [0.5, 0.6) is 0 Å². The van der Waals surface area contributed by atoms with Crippen molar-refractivity contribution in [3.63, 3.8) is 0 Å². The van der Waals surface area contributed by atoms with Gasteiger partial charge in [-0.25, -0.2) is 0 Å². The highest BCUT2D eigenvalue weighted by atomic mass is 16.2. The Morgan fingerprint density at radius 3 is 1.97 bits per heavy atom. The van der Waals surface area contributed by atoms with Crippen LogP contribution in [-0.2, 0) is 14.4 Å². The number of aryl methyl sites for hydroxylation is 2. The molecule has 0 N–H and O–H groups in total. The highest BCUT2D eigenvalue weighted by Crippen LogP contribution is 2.54. The van der Waals surface area contributed by atoms with Crippen molar-refractivity contribution in [3.05, 3.63) is 34.4 Å². The lowest BCUT2D eigenvalue weighted by molar-refractivity contribution is -0.144. The van der Waals surface area contributed by atoms with Crippen molar-refractivity contribution >= 4 is 17.5 Å². The van der Waals surface area contributed by atoms with E-state index in [1.54, 1.807) is 6.92 Å². The first kappa shape index (κ1) is 22.8. The Bertz CT molecular complexity index is 983. The van der Waals surface area contributed by atoms with Crippen LogP contribution >= 0.6 is 0 Å². The molecule has 1 heterocycles. The van der Waals surface area contributed by atoms with Crippen LogP contribution in [0.3, 0.4) is 0 Å². The Kier molecular flexibility index (Phi) is 5.82. The fourth-order valence-corrected chi connectivity index (χ4v) is 6.18. The molecule has 1 amide bonds. The Morgan fingerprint density at radius 1 is 1.00 bits per heavy atom. The van der Waals surface area contributed by atoms with Crippen LogP contribution in [-0.4, -0.2) is 35.5 Å². The molecule has 4 heteroatoms. The number of Topliss-reactive ketones (excluding diaryl/α,β-unsaturated/α-hetero) is 2. The second-order valence-corrected chi connectivity index (χ2v) is 10.7. The van der Waals surface area contributed by atoms with Gasteiger partial charge in [0.2, 0.25) is 5.91 Å². The lowest BCUT2D eigenvalue weighted by atomic mass is 9.62. The average Bonchev–Trinajstić information content (AvgIpc) is 3.52. The van der Waals surface area contributed by atoms with Crippen LogP contribution < -0.4 is 0 Å². The molecule has 3 fully saturated rings. The normalized spacial score (nSPS) is 22.1. The zero-order valence-corrected chi connectivity index (χ0v) is 20.1. The third-order valence-corrected chi connectivity index (χ3v) is 8.33. The number of piperidine rings is 1. The molecular formula is C28H35NO3. The summed E-state index contributed by atoms with van der Waals surface area (Å²) in [5.74, 6) is 6.07. The molecule has 1 aliphatic heterocycles. The van der Waals surface area contributed by atoms with E-state index < -0.39 is 5.92 Å². The molecule has 4 rings (SSSR count). The minimum absolute atomic E-state index is 0.0439. The predicted molar refractivity (Wildman–Crippen MR) is 125 cm³/mol. The molecule has 2 aliphatic carbocycles. The average molecular weight is 434 g/mol. The molecule has 4 nitrogen and oxygen atoms in total. The van der Waals surface area contributed by atoms with E-state index in [1.165, 1.54) is 0 Å². The quantitative estimate of drug-likeness (QED) is 0.511. The SMILES string of the molecule is CC#Cc1cc(C)c(C2C(=O)CC3(CCN(C(=O)C4(C(C)C)CC4)CC3)CC2=O)c(C)c1. The lowest BCUT2D eigenvalue weighted by Gasteiger charge is -2.45. The zero-order chi connectivity index (χ0) is 23.3. The van der Waals surface area contributed by atoms with Crippen LogP contribution in [0.25, 0.3) is 0 Å². The van der Waals surface area contributed by atoms with Crippen molar-refractivity contribution in [1.29, 1.82) is 0 Å². The van der Waals surface area contributed by atoms with Gasteiger partial charge in [-0.15, -0.1) is 5.92 Å². The molecular weight excluding hydrogens is 398 g/mol. The molecule has 1 aromatic rings.